The van der Waals surface area contributed by atoms with E-state index < -0.39 is 17.1 Å². The van der Waals surface area contributed by atoms with Crippen LogP contribution in [-0.4, -0.2) is 54.8 Å². The topological polar surface area (TPSA) is 88.2 Å². The average Bonchev–Trinajstić information content (AvgIpc) is 3.21. The number of nitrogens with zero attached hydrogens (tertiary/aromatic N) is 2. The zero-order valence-electron chi connectivity index (χ0n) is 21.6. The van der Waals surface area contributed by atoms with Gasteiger partial charge in [0, 0.05) is 29.5 Å². The molecular weight excluding hydrogens is 698 g/mol. The number of carbonyl (C=O) groups excluding carboxylic acids is 3. The Morgan fingerprint density at radius 2 is 1.68 bits per heavy atom. The number of rotatable bonds is 8. The molecule has 2 heterocycles. The Morgan fingerprint density at radius 1 is 1.02 bits per heavy atom. The van der Waals surface area contributed by atoms with Crippen LogP contribution in [0.4, 0.5) is 16.2 Å². The van der Waals surface area contributed by atoms with Crippen molar-refractivity contribution in [1.29, 1.82) is 0 Å². The number of halogens is 3. The molecule has 8 nitrogen and oxygen atoms in total. The summed E-state index contributed by atoms with van der Waals surface area (Å²) in [6.07, 6.45) is 1.62. The lowest BCUT2D eigenvalue weighted by Gasteiger charge is -2.28. The van der Waals surface area contributed by atoms with Gasteiger partial charge in [-0.25, -0.2) is 0 Å². The van der Waals surface area contributed by atoms with Crippen LogP contribution in [0.3, 0.4) is 0 Å². The SMILES string of the molecule is O=C(CN1C(=O)S/C(=C/c2cc(Br)c(OCc3ccc(Cl)cc3)c(Br)c2)C1=O)Nc1ccc(N2CCOCC2)cc1. The molecule has 212 valence electrons. The Morgan fingerprint density at radius 3 is 2.34 bits per heavy atom. The van der Waals surface area contributed by atoms with Gasteiger partial charge in [0.25, 0.3) is 11.1 Å². The lowest BCUT2D eigenvalue weighted by atomic mass is 10.2. The van der Waals surface area contributed by atoms with Crippen molar-refractivity contribution in [3.63, 3.8) is 0 Å². The van der Waals surface area contributed by atoms with Gasteiger partial charge in [-0.15, -0.1) is 0 Å². The lowest BCUT2D eigenvalue weighted by molar-refractivity contribution is -0.127. The second-order valence-corrected chi connectivity index (χ2v) is 12.3. The summed E-state index contributed by atoms with van der Waals surface area (Å²) in [5.41, 5.74) is 3.27. The van der Waals surface area contributed by atoms with Crippen LogP contribution in [0, 0.1) is 0 Å². The molecule has 41 heavy (non-hydrogen) atoms. The smallest absolute Gasteiger partial charge is 0.294 e. The van der Waals surface area contributed by atoms with E-state index >= 15 is 0 Å². The predicted octanol–water partition coefficient (Wildman–Crippen LogP) is 6.96. The van der Waals surface area contributed by atoms with E-state index in [0.29, 0.717) is 50.8 Å². The van der Waals surface area contributed by atoms with Gasteiger partial charge < -0.3 is 19.7 Å². The van der Waals surface area contributed by atoms with Crippen LogP contribution in [0.1, 0.15) is 11.1 Å². The molecule has 3 amide bonds. The highest BCUT2D eigenvalue weighted by Crippen LogP contribution is 2.38. The molecule has 3 aromatic rings. The molecular formula is C29H24Br2ClN3O5S. The summed E-state index contributed by atoms with van der Waals surface area (Å²) in [7, 11) is 0. The molecule has 0 unspecified atom stereocenters. The van der Waals surface area contributed by atoms with E-state index in [0.717, 1.165) is 41.0 Å². The third-order valence-corrected chi connectivity index (χ3v) is 8.65. The van der Waals surface area contributed by atoms with Gasteiger partial charge in [0.1, 0.15) is 18.9 Å². The van der Waals surface area contributed by atoms with Crippen LogP contribution in [0.2, 0.25) is 5.02 Å². The number of hydrogen-bond acceptors (Lipinski definition) is 7. The fourth-order valence-corrected chi connectivity index (χ4v) is 6.66. The van der Waals surface area contributed by atoms with E-state index in [1.807, 2.05) is 24.3 Å². The zero-order chi connectivity index (χ0) is 28.9. The summed E-state index contributed by atoms with van der Waals surface area (Å²) in [5, 5.41) is 2.92. The van der Waals surface area contributed by atoms with Crippen molar-refractivity contribution in [2.75, 3.05) is 43.1 Å². The predicted molar refractivity (Wildman–Crippen MR) is 168 cm³/mol. The number of carbonyl (C=O) groups is 3. The number of amides is 3. The number of thioether (sulfide) groups is 1. The normalized spacial score (nSPS) is 16.4. The van der Waals surface area contributed by atoms with Crippen molar-refractivity contribution >= 4 is 89.7 Å². The second kappa shape index (κ2) is 13.4. The molecule has 0 saturated carbocycles. The van der Waals surface area contributed by atoms with Crippen molar-refractivity contribution in [2.24, 2.45) is 0 Å². The first-order valence-electron chi connectivity index (χ1n) is 12.6. The van der Waals surface area contributed by atoms with E-state index in [9.17, 15) is 14.4 Å². The molecule has 0 aromatic heterocycles. The Kier molecular flexibility index (Phi) is 9.72. The molecule has 0 aliphatic carbocycles. The van der Waals surface area contributed by atoms with Crippen LogP contribution in [0.5, 0.6) is 5.75 Å². The van der Waals surface area contributed by atoms with Crippen LogP contribution in [0.15, 0.2) is 74.5 Å². The van der Waals surface area contributed by atoms with Crippen LogP contribution < -0.4 is 15.0 Å². The van der Waals surface area contributed by atoms with E-state index in [2.05, 4.69) is 42.1 Å². The van der Waals surface area contributed by atoms with Crippen LogP contribution in [0.25, 0.3) is 6.08 Å². The third-order valence-electron chi connectivity index (χ3n) is 6.32. The minimum Gasteiger partial charge on any atom is -0.487 e. The highest BCUT2D eigenvalue weighted by molar-refractivity contribution is 9.11. The lowest BCUT2D eigenvalue weighted by Crippen LogP contribution is -2.36. The first-order chi connectivity index (χ1) is 19.8. The third kappa shape index (κ3) is 7.52. The number of benzene rings is 3. The molecule has 0 spiro atoms. The van der Waals surface area contributed by atoms with Crippen LogP contribution >= 0.6 is 55.2 Å². The molecule has 2 aliphatic rings. The van der Waals surface area contributed by atoms with Crippen molar-refractivity contribution in [1.82, 2.24) is 4.90 Å². The molecule has 0 bridgehead atoms. The highest BCUT2D eigenvalue weighted by atomic mass is 79.9. The Bertz CT molecular complexity index is 1470. The minimum atomic E-state index is -0.520. The van der Waals surface area contributed by atoms with Gasteiger partial charge in [-0.3, -0.25) is 19.3 Å². The van der Waals surface area contributed by atoms with Gasteiger partial charge in [-0.1, -0.05) is 23.7 Å². The van der Waals surface area contributed by atoms with Crippen molar-refractivity contribution < 1.29 is 23.9 Å². The number of imide groups is 1. The monoisotopic (exact) mass is 719 g/mol. The number of ether oxygens (including phenoxy) is 2. The summed E-state index contributed by atoms with van der Waals surface area (Å²) >= 11 is 13.8. The Labute approximate surface area is 263 Å². The molecule has 0 atom stereocenters. The fraction of sp³-hybridized carbons (Fsp3) is 0.207. The summed E-state index contributed by atoms with van der Waals surface area (Å²) < 4.78 is 12.7. The van der Waals surface area contributed by atoms with Crippen molar-refractivity contribution in [3.05, 3.63) is 90.7 Å². The zero-order valence-corrected chi connectivity index (χ0v) is 26.3. The maximum absolute atomic E-state index is 13.0. The van der Waals surface area contributed by atoms with Gasteiger partial charge in [-0.2, -0.15) is 0 Å². The summed E-state index contributed by atoms with van der Waals surface area (Å²) in [5.74, 6) is -0.381. The van der Waals surface area contributed by atoms with E-state index in [-0.39, 0.29) is 11.4 Å². The van der Waals surface area contributed by atoms with E-state index in [1.165, 1.54) is 0 Å². The molecule has 3 aromatic carbocycles. The number of hydrogen-bond donors (Lipinski definition) is 1. The molecule has 2 saturated heterocycles. The first kappa shape index (κ1) is 29.7. The minimum absolute atomic E-state index is 0.228. The summed E-state index contributed by atoms with van der Waals surface area (Å²) in [4.78, 5) is 41.7. The number of nitrogens with one attached hydrogen (secondary N) is 1. The molecule has 2 aliphatic heterocycles. The molecule has 0 radical (unpaired) electrons. The quantitative estimate of drug-likeness (QED) is 0.252. The maximum Gasteiger partial charge on any atom is 0.294 e. The summed E-state index contributed by atoms with van der Waals surface area (Å²) in [6.45, 7) is 2.96. The Balaban J connectivity index is 1.20. The molecule has 1 N–H and O–H groups in total. The van der Waals surface area contributed by atoms with Gasteiger partial charge in [-0.05, 0) is 109 Å². The van der Waals surface area contributed by atoms with Crippen LogP contribution in [-0.2, 0) is 20.9 Å². The molecule has 5 rings (SSSR count). The standard InChI is InChI=1S/C29H24Br2ClN3O5S/c30-23-13-19(14-24(31)27(23)40-17-18-1-3-20(32)4-2-18)15-25-28(37)35(29(38)41-25)16-26(36)33-21-5-7-22(8-6-21)34-9-11-39-12-10-34/h1-8,13-15H,9-12,16-17H2,(H,33,36)/b25-15+. The van der Waals surface area contributed by atoms with Crippen molar-refractivity contribution in [2.45, 2.75) is 6.61 Å². The van der Waals surface area contributed by atoms with E-state index in [4.69, 9.17) is 21.1 Å². The molecule has 2 fully saturated rings. The Hall–Kier alpha value is -2.83. The highest BCUT2D eigenvalue weighted by Gasteiger charge is 2.36. The van der Waals surface area contributed by atoms with Gasteiger partial charge in [0.05, 0.1) is 27.1 Å². The van der Waals surface area contributed by atoms with Gasteiger partial charge in [0.15, 0.2) is 0 Å². The average molecular weight is 722 g/mol. The van der Waals surface area contributed by atoms with E-state index in [1.54, 1.807) is 42.5 Å². The fourth-order valence-electron chi connectivity index (χ4n) is 4.25. The number of anilines is 2. The second-order valence-electron chi connectivity index (χ2n) is 9.19. The molecule has 12 heteroatoms. The largest absolute Gasteiger partial charge is 0.487 e. The number of morpholine rings is 1. The summed E-state index contributed by atoms with van der Waals surface area (Å²) in [6, 6.07) is 18.4. The first-order valence-corrected chi connectivity index (χ1v) is 15.4. The van der Waals surface area contributed by atoms with Gasteiger partial charge in [0.2, 0.25) is 5.91 Å². The van der Waals surface area contributed by atoms with Crippen molar-refractivity contribution in [3.8, 4) is 5.75 Å². The van der Waals surface area contributed by atoms with Gasteiger partial charge >= 0.3 is 0 Å². The maximum atomic E-state index is 13.0.